The van der Waals surface area contributed by atoms with Crippen molar-refractivity contribution in [3.8, 4) is 11.5 Å². The first-order valence-electron chi connectivity index (χ1n) is 11.2. The molecule has 0 atom stereocenters. The number of hydrogen-bond donors (Lipinski definition) is 2. The number of rotatable bonds is 11. The standard InChI is InChI=1S/C25H31N3O4S/c1-31-22-11-9-20(10-12-22)17-33-18-25(30)28-26-15-19-7-13-23(14-8-19)32-16-24(29)27-21-5-3-2-4-6-21/h7-15,21H,2-6,16-18H2,1H3,(H,27,29)(H,28,30)/b26-15-. The lowest BCUT2D eigenvalue weighted by atomic mass is 9.95. The third kappa shape index (κ3) is 9.18. The van der Waals surface area contributed by atoms with Crippen molar-refractivity contribution in [3.63, 3.8) is 0 Å². The maximum absolute atomic E-state index is 12.0. The Hall–Kier alpha value is -3.00. The summed E-state index contributed by atoms with van der Waals surface area (Å²) in [7, 11) is 1.63. The van der Waals surface area contributed by atoms with Crippen LogP contribution >= 0.6 is 11.8 Å². The van der Waals surface area contributed by atoms with E-state index < -0.39 is 0 Å². The molecule has 0 unspecified atom stereocenters. The average Bonchev–Trinajstić information content (AvgIpc) is 2.84. The monoisotopic (exact) mass is 469 g/mol. The van der Waals surface area contributed by atoms with Crippen LogP contribution < -0.4 is 20.2 Å². The molecule has 7 nitrogen and oxygen atoms in total. The third-order valence-corrected chi connectivity index (χ3v) is 6.29. The minimum Gasteiger partial charge on any atom is -0.497 e. The number of nitrogens with zero attached hydrogens (tertiary/aromatic N) is 1. The number of hydrogen-bond acceptors (Lipinski definition) is 6. The van der Waals surface area contributed by atoms with Gasteiger partial charge in [-0.2, -0.15) is 5.10 Å². The zero-order chi connectivity index (χ0) is 23.3. The lowest BCUT2D eigenvalue weighted by Crippen LogP contribution is -2.38. The summed E-state index contributed by atoms with van der Waals surface area (Å²) in [6.07, 6.45) is 7.29. The Morgan fingerprint density at radius 3 is 2.39 bits per heavy atom. The van der Waals surface area contributed by atoms with E-state index in [4.69, 9.17) is 9.47 Å². The quantitative estimate of drug-likeness (QED) is 0.385. The van der Waals surface area contributed by atoms with Gasteiger partial charge in [0, 0.05) is 11.8 Å². The van der Waals surface area contributed by atoms with E-state index >= 15 is 0 Å². The molecule has 1 aliphatic rings. The molecule has 0 aromatic heterocycles. The van der Waals surface area contributed by atoms with Crippen molar-refractivity contribution in [1.29, 1.82) is 0 Å². The second-order valence-corrected chi connectivity index (χ2v) is 8.88. The predicted octanol–water partition coefficient (Wildman–Crippen LogP) is 3.91. The second-order valence-electron chi connectivity index (χ2n) is 7.89. The minimum atomic E-state index is -0.159. The molecule has 2 amide bonds. The first-order valence-corrected chi connectivity index (χ1v) is 12.3. The molecule has 1 aliphatic carbocycles. The molecule has 0 heterocycles. The molecule has 0 aliphatic heterocycles. The molecule has 33 heavy (non-hydrogen) atoms. The van der Waals surface area contributed by atoms with Gasteiger partial charge in [0.25, 0.3) is 5.91 Å². The van der Waals surface area contributed by atoms with Crippen LogP contribution in [-0.2, 0) is 15.3 Å². The number of nitrogens with one attached hydrogen (secondary N) is 2. The molecule has 2 N–H and O–H groups in total. The molecule has 2 aromatic carbocycles. The smallest absolute Gasteiger partial charge is 0.258 e. The summed E-state index contributed by atoms with van der Waals surface area (Å²) in [5.74, 6) is 2.25. The number of carbonyl (C=O) groups is 2. The summed E-state index contributed by atoms with van der Waals surface area (Å²) in [5.41, 5.74) is 4.48. The molecule has 8 heteroatoms. The number of methoxy groups -OCH3 is 1. The van der Waals surface area contributed by atoms with Crippen LogP contribution in [-0.4, -0.2) is 43.5 Å². The van der Waals surface area contributed by atoms with Crippen LogP contribution in [0, 0.1) is 0 Å². The molecule has 0 saturated heterocycles. The predicted molar refractivity (Wildman–Crippen MR) is 132 cm³/mol. The van der Waals surface area contributed by atoms with Crippen molar-refractivity contribution in [3.05, 3.63) is 59.7 Å². The SMILES string of the molecule is COc1ccc(CSCC(=O)N/N=C\c2ccc(OCC(=O)NC3CCCCC3)cc2)cc1. The second kappa shape index (κ2) is 13.5. The summed E-state index contributed by atoms with van der Waals surface area (Å²) >= 11 is 1.52. The lowest BCUT2D eigenvalue weighted by molar-refractivity contribution is -0.124. The van der Waals surface area contributed by atoms with Gasteiger partial charge in [0.05, 0.1) is 19.1 Å². The minimum absolute atomic E-state index is 0.00812. The first-order chi connectivity index (χ1) is 16.1. The summed E-state index contributed by atoms with van der Waals surface area (Å²) in [6, 6.07) is 15.3. The van der Waals surface area contributed by atoms with E-state index in [1.807, 2.05) is 36.4 Å². The molecule has 0 radical (unpaired) electrons. The zero-order valence-electron chi connectivity index (χ0n) is 18.9. The highest BCUT2D eigenvalue weighted by Gasteiger charge is 2.15. The fourth-order valence-electron chi connectivity index (χ4n) is 3.51. The van der Waals surface area contributed by atoms with Crippen LogP contribution in [0.15, 0.2) is 53.6 Å². The molecular formula is C25H31N3O4S. The number of amides is 2. The van der Waals surface area contributed by atoms with Gasteiger partial charge in [-0.3, -0.25) is 9.59 Å². The average molecular weight is 470 g/mol. The van der Waals surface area contributed by atoms with Gasteiger partial charge in [-0.15, -0.1) is 11.8 Å². The fraction of sp³-hybridized carbons (Fsp3) is 0.400. The first kappa shape index (κ1) is 24.6. The van der Waals surface area contributed by atoms with E-state index in [0.717, 1.165) is 35.5 Å². The van der Waals surface area contributed by atoms with Crippen molar-refractivity contribution >= 4 is 29.8 Å². The number of hydrazone groups is 1. The van der Waals surface area contributed by atoms with Crippen LogP contribution in [0.1, 0.15) is 43.2 Å². The zero-order valence-corrected chi connectivity index (χ0v) is 19.7. The van der Waals surface area contributed by atoms with E-state index in [9.17, 15) is 9.59 Å². The Morgan fingerprint density at radius 1 is 1.00 bits per heavy atom. The highest BCUT2D eigenvalue weighted by Crippen LogP contribution is 2.18. The maximum Gasteiger partial charge on any atom is 0.258 e. The van der Waals surface area contributed by atoms with E-state index in [1.54, 1.807) is 25.5 Å². The van der Waals surface area contributed by atoms with E-state index in [-0.39, 0.29) is 24.5 Å². The van der Waals surface area contributed by atoms with Gasteiger partial charge in [-0.05, 0) is 60.4 Å². The molecule has 2 aromatic rings. The maximum atomic E-state index is 12.0. The summed E-state index contributed by atoms with van der Waals surface area (Å²) in [5, 5.41) is 7.03. The summed E-state index contributed by atoms with van der Waals surface area (Å²) < 4.78 is 10.7. The lowest BCUT2D eigenvalue weighted by Gasteiger charge is -2.22. The van der Waals surface area contributed by atoms with Crippen molar-refractivity contribution < 1.29 is 19.1 Å². The fourth-order valence-corrected chi connectivity index (χ4v) is 4.29. The number of benzene rings is 2. The topological polar surface area (TPSA) is 89.0 Å². The molecule has 1 fully saturated rings. The highest BCUT2D eigenvalue weighted by atomic mass is 32.2. The van der Waals surface area contributed by atoms with Gasteiger partial charge >= 0.3 is 0 Å². The largest absolute Gasteiger partial charge is 0.497 e. The third-order valence-electron chi connectivity index (χ3n) is 5.28. The van der Waals surface area contributed by atoms with Gasteiger partial charge in [-0.25, -0.2) is 5.43 Å². The van der Waals surface area contributed by atoms with E-state index in [0.29, 0.717) is 11.5 Å². The summed E-state index contributed by atoms with van der Waals surface area (Å²) in [4.78, 5) is 24.0. The number of carbonyl (C=O) groups excluding carboxylic acids is 2. The molecule has 3 rings (SSSR count). The molecule has 0 bridgehead atoms. The van der Waals surface area contributed by atoms with Crippen LogP contribution in [0.2, 0.25) is 0 Å². The number of thioether (sulfide) groups is 1. The van der Waals surface area contributed by atoms with Crippen LogP contribution in [0.4, 0.5) is 0 Å². The van der Waals surface area contributed by atoms with Crippen molar-refractivity contribution in [1.82, 2.24) is 10.7 Å². The van der Waals surface area contributed by atoms with Crippen molar-refractivity contribution in [2.24, 2.45) is 5.10 Å². The van der Waals surface area contributed by atoms with Crippen LogP contribution in [0.25, 0.3) is 0 Å². The van der Waals surface area contributed by atoms with Crippen molar-refractivity contribution in [2.75, 3.05) is 19.5 Å². The Labute approximate surface area is 199 Å². The highest BCUT2D eigenvalue weighted by molar-refractivity contribution is 7.99. The van der Waals surface area contributed by atoms with Gasteiger partial charge in [0.15, 0.2) is 6.61 Å². The van der Waals surface area contributed by atoms with E-state index in [2.05, 4.69) is 15.8 Å². The Kier molecular flexibility index (Phi) is 10.1. The van der Waals surface area contributed by atoms with Gasteiger partial charge < -0.3 is 14.8 Å². The molecule has 0 spiro atoms. The van der Waals surface area contributed by atoms with Crippen LogP contribution in [0.5, 0.6) is 11.5 Å². The molecule has 176 valence electrons. The van der Waals surface area contributed by atoms with E-state index in [1.165, 1.54) is 31.0 Å². The van der Waals surface area contributed by atoms with Crippen molar-refractivity contribution in [2.45, 2.75) is 43.9 Å². The Morgan fingerprint density at radius 2 is 1.70 bits per heavy atom. The van der Waals surface area contributed by atoms with Gasteiger partial charge in [-0.1, -0.05) is 31.4 Å². The molecular weight excluding hydrogens is 438 g/mol. The Bertz CT molecular complexity index is 910. The number of ether oxygens (including phenoxy) is 2. The summed E-state index contributed by atoms with van der Waals surface area (Å²) in [6.45, 7) is 0.00812. The normalized spacial score (nSPS) is 14.1. The van der Waals surface area contributed by atoms with Gasteiger partial charge in [0.2, 0.25) is 5.91 Å². The molecule has 1 saturated carbocycles. The van der Waals surface area contributed by atoms with Gasteiger partial charge in [0.1, 0.15) is 11.5 Å². The Balaban J connectivity index is 1.31. The van der Waals surface area contributed by atoms with Crippen LogP contribution in [0.3, 0.4) is 0 Å².